The van der Waals surface area contributed by atoms with E-state index in [2.05, 4.69) is 10.6 Å². The molecule has 3 N–H and O–H groups in total. The Hall–Kier alpha value is -2.04. The number of carbonyl (C=O) groups is 2. The van der Waals surface area contributed by atoms with Gasteiger partial charge in [-0.05, 0) is 18.1 Å². The molecule has 0 aliphatic carbocycles. The quantitative estimate of drug-likeness (QED) is 0.706. The summed E-state index contributed by atoms with van der Waals surface area (Å²) in [6, 6.07) is 6.49. The molecule has 16 heavy (non-hydrogen) atoms. The van der Waals surface area contributed by atoms with Crippen LogP contribution in [0.25, 0.3) is 0 Å². The Morgan fingerprint density at radius 2 is 2.00 bits per heavy atom. The van der Waals surface area contributed by atoms with Crippen molar-refractivity contribution in [3.05, 3.63) is 35.4 Å². The molecule has 0 aliphatic rings. The number of carboxylic acids is 1. The topological polar surface area (TPSA) is 78.4 Å². The van der Waals surface area contributed by atoms with Crippen molar-refractivity contribution < 1.29 is 14.7 Å². The summed E-state index contributed by atoms with van der Waals surface area (Å²) in [6.45, 7) is 0.407. The Morgan fingerprint density at radius 1 is 1.31 bits per heavy atom. The number of urea groups is 1. The van der Waals surface area contributed by atoms with Crippen LogP contribution in [-0.4, -0.2) is 30.7 Å². The molecule has 0 spiro atoms. The van der Waals surface area contributed by atoms with Gasteiger partial charge in [0, 0.05) is 13.6 Å². The zero-order chi connectivity index (χ0) is 12.0. The maximum atomic E-state index is 10.9. The van der Waals surface area contributed by atoms with E-state index in [-0.39, 0.29) is 11.6 Å². The first kappa shape index (κ1) is 12.0. The summed E-state index contributed by atoms with van der Waals surface area (Å²) in [5, 5.41) is 13.9. The molecule has 0 aliphatic heterocycles. The zero-order valence-electron chi connectivity index (χ0n) is 8.99. The SMILES string of the molecule is CNC(=O)NCCc1ccccc1C(=O)O. The van der Waals surface area contributed by atoms with Crippen LogP contribution in [0.4, 0.5) is 4.79 Å². The molecule has 0 aromatic heterocycles. The number of nitrogens with one attached hydrogen (secondary N) is 2. The van der Waals surface area contributed by atoms with E-state index in [1.807, 2.05) is 0 Å². The third-order valence-corrected chi connectivity index (χ3v) is 2.15. The zero-order valence-corrected chi connectivity index (χ0v) is 8.99. The third kappa shape index (κ3) is 3.27. The van der Waals surface area contributed by atoms with Crippen LogP contribution in [0.2, 0.25) is 0 Å². The largest absolute Gasteiger partial charge is 0.478 e. The lowest BCUT2D eigenvalue weighted by molar-refractivity contribution is 0.0695. The minimum Gasteiger partial charge on any atom is -0.478 e. The molecule has 1 rings (SSSR count). The molecule has 2 amide bonds. The van der Waals surface area contributed by atoms with Gasteiger partial charge >= 0.3 is 12.0 Å². The van der Waals surface area contributed by atoms with E-state index >= 15 is 0 Å². The molecular formula is C11H14N2O3. The molecule has 0 unspecified atom stereocenters. The molecule has 0 saturated heterocycles. The first-order valence-electron chi connectivity index (χ1n) is 4.92. The minimum atomic E-state index is -0.949. The summed E-state index contributed by atoms with van der Waals surface area (Å²) in [7, 11) is 1.53. The van der Waals surface area contributed by atoms with E-state index in [4.69, 9.17) is 5.11 Å². The van der Waals surface area contributed by atoms with E-state index < -0.39 is 5.97 Å². The van der Waals surface area contributed by atoms with Crippen LogP contribution in [0.1, 0.15) is 15.9 Å². The first-order valence-corrected chi connectivity index (χ1v) is 4.92. The van der Waals surface area contributed by atoms with Gasteiger partial charge in [-0.25, -0.2) is 9.59 Å². The number of amides is 2. The predicted octanol–water partition coefficient (Wildman–Crippen LogP) is 0.856. The van der Waals surface area contributed by atoms with E-state index in [9.17, 15) is 9.59 Å². The fourth-order valence-electron chi connectivity index (χ4n) is 1.35. The number of rotatable bonds is 4. The Bertz CT molecular complexity index is 391. The second-order valence-electron chi connectivity index (χ2n) is 3.22. The van der Waals surface area contributed by atoms with E-state index in [1.165, 1.54) is 7.05 Å². The average molecular weight is 222 g/mol. The number of benzene rings is 1. The van der Waals surface area contributed by atoms with Gasteiger partial charge in [0.2, 0.25) is 0 Å². The van der Waals surface area contributed by atoms with Crippen LogP contribution in [0.5, 0.6) is 0 Å². The molecule has 0 bridgehead atoms. The minimum absolute atomic E-state index is 0.271. The van der Waals surface area contributed by atoms with Crippen molar-refractivity contribution in [2.45, 2.75) is 6.42 Å². The van der Waals surface area contributed by atoms with Gasteiger partial charge in [-0.3, -0.25) is 0 Å². The second kappa shape index (κ2) is 5.75. The average Bonchev–Trinajstić information content (AvgIpc) is 2.29. The lowest BCUT2D eigenvalue weighted by Gasteiger charge is -2.06. The molecule has 0 atom stereocenters. The number of hydrogen-bond acceptors (Lipinski definition) is 2. The van der Waals surface area contributed by atoms with Crippen LogP contribution in [0, 0.1) is 0 Å². The summed E-state index contributed by atoms with van der Waals surface area (Å²) >= 11 is 0. The normalized spacial score (nSPS) is 9.56. The predicted molar refractivity (Wildman–Crippen MR) is 59.6 cm³/mol. The number of aromatic carboxylic acids is 1. The molecule has 5 heteroatoms. The maximum absolute atomic E-state index is 10.9. The van der Waals surface area contributed by atoms with Crippen LogP contribution >= 0.6 is 0 Å². The maximum Gasteiger partial charge on any atom is 0.335 e. The third-order valence-electron chi connectivity index (χ3n) is 2.15. The number of hydrogen-bond donors (Lipinski definition) is 3. The van der Waals surface area contributed by atoms with E-state index in [0.717, 1.165) is 0 Å². The van der Waals surface area contributed by atoms with Gasteiger partial charge in [0.1, 0.15) is 0 Å². The number of carboxylic acid groups (broad SMARTS) is 1. The highest BCUT2D eigenvalue weighted by molar-refractivity contribution is 5.89. The molecule has 0 fully saturated rings. The summed E-state index contributed by atoms with van der Waals surface area (Å²) < 4.78 is 0. The van der Waals surface area contributed by atoms with Gasteiger partial charge in [0.15, 0.2) is 0 Å². The molecule has 0 heterocycles. The van der Waals surface area contributed by atoms with Crippen molar-refractivity contribution in [1.82, 2.24) is 10.6 Å². The molecule has 0 saturated carbocycles. The fraction of sp³-hybridized carbons (Fsp3) is 0.273. The molecule has 1 aromatic rings. The lowest BCUT2D eigenvalue weighted by atomic mass is 10.0. The molecule has 5 nitrogen and oxygen atoms in total. The van der Waals surface area contributed by atoms with E-state index in [0.29, 0.717) is 18.5 Å². The van der Waals surface area contributed by atoms with Crippen molar-refractivity contribution in [3.8, 4) is 0 Å². The highest BCUT2D eigenvalue weighted by Crippen LogP contribution is 2.08. The molecular weight excluding hydrogens is 208 g/mol. The lowest BCUT2D eigenvalue weighted by Crippen LogP contribution is -2.34. The fourth-order valence-corrected chi connectivity index (χ4v) is 1.35. The molecule has 0 radical (unpaired) electrons. The summed E-state index contributed by atoms with van der Waals surface area (Å²) in [4.78, 5) is 21.8. The second-order valence-corrected chi connectivity index (χ2v) is 3.22. The van der Waals surface area contributed by atoms with Gasteiger partial charge in [0.05, 0.1) is 5.56 Å². The van der Waals surface area contributed by atoms with Crippen molar-refractivity contribution >= 4 is 12.0 Å². The van der Waals surface area contributed by atoms with Crippen LogP contribution in [-0.2, 0) is 6.42 Å². The van der Waals surface area contributed by atoms with Gasteiger partial charge in [-0.15, -0.1) is 0 Å². The van der Waals surface area contributed by atoms with Crippen molar-refractivity contribution in [3.63, 3.8) is 0 Å². The highest BCUT2D eigenvalue weighted by Gasteiger charge is 2.08. The summed E-state index contributed by atoms with van der Waals surface area (Å²) in [6.07, 6.45) is 0.496. The van der Waals surface area contributed by atoms with Crippen molar-refractivity contribution in [2.24, 2.45) is 0 Å². The smallest absolute Gasteiger partial charge is 0.335 e. The molecule has 1 aromatic carbocycles. The standard InChI is InChI=1S/C11H14N2O3/c1-12-11(16)13-7-6-8-4-2-3-5-9(8)10(14)15/h2-5H,6-7H2,1H3,(H,14,15)(H2,12,13,16). The highest BCUT2D eigenvalue weighted by atomic mass is 16.4. The van der Waals surface area contributed by atoms with Crippen LogP contribution in [0.15, 0.2) is 24.3 Å². The van der Waals surface area contributed by atoms with Crippen LogP contribution in [0.3, 0.4) is 0 Å². The monoisotopic (exact) mass is 222 g/mol. The van der Waals surface area contributed by atoms with Crippen LogP contribution < -0.4 is 10.6 Å². The van der Waals surface area contributed by atoms with Crippen molar-refractivity contribution in [2.75, 3.05) is 13.6 Å². The van der Waals surface area contributed by atoms with Gasteiger partial charge in [-0.2, -0.15) is 0 Å². The molecule has 86 valence electrons. The first-order chi connectivity index (χ1) is 7.65. The Kier molecular flexibility index (Phi) is 4.32. The number of carbonyl (C=O) groups excluding carboxylic acids is 1. The van der Waals surface area contributed by atoms with Crippen molar-refractivity contribution in [1.29, 1.82) is 0 Å². The van der Waals surface area contributed by atoms with Gasteiger partial charge in [-0.1, -0.05) is 18.2 Å². The Morgan fingerprint density at radius 3 is 2.62 bits per heavy atom. The Balaban J connectivity index is 2.60. The summed E-state index contributed by atoms with van der Waals surface area (Å²) in [5.41, 5.74) is 0.993. The van der Waals surface area contributed by atoms with E-state index in [1.54, 1.807) is 24.3 Å². The summed E-state index contributed by atoms with van der Waals surface area (Å²) in [5.74, 6) is -0.949. The van der Waals surface area contributed by atoms with Gasteiger partial charge in [0.25, 0.3) is 0 Å². The van der Waals surface area contributed by atoms with Gasteiger partial charge < -0.3 is 15.7 Å². The Labute approximate surface area is 93.5 Å².